The van der Waals surface area contributed by atoms with E-state index in [1.165, 1.54) is 98.0 Å². The van der Waals surface area contributed by atoms with Crippen molar-refractivity contribution in [3.8, 4) is 44.5 Å². The molecule has 0 amide bonds. The van der Waals surface area contributed by atoms with Crippen molar-refractivity contribution in [1.29, 1.82) is 0 Å². The maximum Gasteiger partial charge on any atom is 0.0468 e. The minimum Gasteiger partial charge on any atom is -0.310 e. The van der Waals surface area contributed by atoms with Gasteiger partial charge < -0.3 is 9.80 Å². The Morgan fingerprint density at radius 3 is 0.700 bits per heavy atom. The topological polar surface area (TPSA) is 6.48 Å². The number of fused-ring (bicyclic) bond motifs is 6. The van der Waals surface area contributed by atoms with E-state index in [4.69, 9.17) is 0 Å². The summed E-state index contributed by atoms with van der Waals surface area (Å²) < 4.78 is 0. The maximum atomic E-state index is 2.45. The van der Waals surface area contributed by atoms with Crippen molar-refractivity contribution in [1.82, 2.24) is 0 Å². The lowest BCUT2D eigenvalue weighted by atomic mass is 9.84. The molecule has 15 aromatic rings. The van der Waals surface area contributed by atoms with Gasteiger partial charge in [0.2, 0.25) is 0 Å². The van der Waals surface area contributed by atoms with Crippen molar-refractivity contribution in [2.24, 2.45) is 0 Å². The van der Waals surface area contributed by atoms with Crippen molar-refractivity contribution in [2.75, 3.05) is 9.80 Å². The lowest BCUT2D eigenvalue weighted by Gasteiger charge is -2.29. The summed E-state index contributed by atoms with van der Waals surface area (Å²) in [6.45, 7) is 0. The second-order valence-corrected chi connectivity index (χ2v) is 20.9. The summed E-state index contributed by atoms with van der Waals surface area (Å²) in [7, 11) is 0. The second-order valence-electron chi connectivity index (χ2n) is 20.9. The van der Waals surface area contributed by atoms with E-state index in [9.17, 15) is 0 Å². The molecular weight excluding hydrogens is 965 g/mol. The fourth-order valence-corrected chi connectivity index (χ4v) is 12.2. The van der Waals surface area contributed by atoms with Crippen LogP contribution < -0.4 is 9.80 Å². The largest absolute Gasteiger partial charge is 0.310 e. The first kappa shape index (κ1) is 46.7. The number of benzene rings is 15. The Bertz CT molecular complexity index is 4350. The van der Waals surface area contributed by atoms with E-state index in [0.29, 0.717) is 0 Å². The Kier molecular flexibility index (Phi) is 11.6. The number of anilines is 6. The van der Waals surface area contributed by atoms with Gasteiger partial charge >= 0.3 is 0 Å². The molecule has 0 aliphatic rings. The molecule has 0 heterocycles. The molecule has 0 aromatic heterocycles. The molecule has 0 aliphatic heterocycles. The van der Waals surface area contributed by atoms with Gasteiger partial charge in [0.05, 0.1) is 0 Å². The van der Waals surface area contributed by atoms with Crippen LogP contribution in [0.25, 0.3) is 109 Å². The lowest BCUT2D eigenvalue weighted by molar-refractivity contribution is 1.30. The number of hydrogen-bond acceptors (Lipinski definition) is 2. The van der Waals surface area contributed by atoms with Gasteiger partial charge in [-0.3, -0.25) is 0 Å². The standard InChI is InChI=1S/C78H52N2/c1-3-15-53(16-4-1)59-27-31-61(32-28-59)77-73-45-43-72(80(69-41-37-57-21-9-13-25-65(57)49-69)70-42-38-58-22-10-14-26-66(58)50-70)52-76(73)78(62-33-29-60(30-34-62)54-17-5-2-6-18-54)74-46-44-71(51-75(74)77)79(67-39-35-55-19-7-11-23-63(55)47-67)68-40-36-56-20-8-12-24-64(56)48-68/h1-52H. The minimum atomic E-state index is 1.07. The summed E-state index contributed by atoms with van der Waals surface area (Å²) in [6, 6.07) is 116. The Morgan fingerprint density at radius 2 is 0.388 bits per heavy atom. The number of nitrogens with zero attached hydrogens (tertiary/aromatic N) is 2. The number of hydrogen-bond donors (Lipinski definition) is 0. The molecule has 0 atom stereocenters. The summed E-state index contributed by atoms with van der Waals surface area (Å²) in [5.74, 6) is 0. The summed E-state index contributed by atoms with van der Waals surface area (Å²) in [5.41, 5.74) is 16.0. The molecule has 0 spiro atoms. The first-order chi connectivity index (χ1) is 39.6. The van der Waals surface area contributed by atoms with Gasteiger partial charge in [0, 0.05) is 34.1 Å². The summed E-state index contributed by atoms with van der Waals surface area (Å²) in [4.78, 5) is 4.88. The molecule has 0 aliphatic carbocycles. The number of rotatable bonds is 10. The van der Waals surface area contributed by atoms with Crippen LogP contribution in [-0.2, 0) is 0 Å². The highest BCUT2D eigenvalue weighted by Crippen LogP contribution is 2.49. The zero-order chi connectivity index (χ0) is 52.9. The Labute approximate surface area is 465 Å². The predicted molar refractivity (Wildman–Crippen MR) is 343 cm³/mol. The average molecular weight is 1020 g/mol. The van der Waals surface area contributed by atoms with E-state index in [0.717, 1.165) is 45.3 Å². The van der Waals surface area contributed by atoms with Crippen LogP contribution in [0, 0.1) is 0 Å². The molecule has 0 saturated heterocycles. The third kappa shape index (κ3) is 8.48. The first-order valence-electron chi connectivity index (χ1n) is 27.5. The Balaban J connectivity index is 1.02. The molecule has 0 saturated carbocycles. The van der Waals surface area contributed by atoms with Crippen molar-refractivity contribution >= 4 is 98.8 Å². The predicted octanol–water partition coefficient (Wildman–Crippen LogP) is 22.2. The van der Waals surface area contributed by atoms with Crippen LogP contribution in [0.5, 0.6) is 0 Å². The fraction of sp³-hybridized carbons (Fsp3) is 0. The van der Waals surface area contributed by atoms with Crippen LogP contribution in [-0.4, -0.2) is 0 Å². The fourth-order valence-electron chi connectivity index (χ4n) is 12.2. The molecule has 2 heteroatoms. The molecule has 80 heavy (non-hydrogen) atoms. The van der Waals surface area contributed by atoms with Crippen LogP contribution in [0.1, 0.15) is 0 Å². The van der Waals surface area contributed by atoms with E-state index in [1.807, 2.05) is 0 Å². The quantitative estimate of drug-likeness (QED) is 0.126. The summed E-state index contributed by atoms with van der Waals surface area (Å²) in [6.07, 6.45) is 0. The van der Waals surface area contributed by atoms with E-state index in [2.05, 4.69) is 325 Å². The highest BCUT2D eigenvalue weighted by Gasteiger charge is 2.23. The first-order valence-corrected chi connectivity index (χ1v) is 27.5. The zero-order valence-electron chi connectivity index (χ0n) is 43.9. The third-order valence-electron chi connectivity index (χ3n) is 16.1. The molecule has 0 unspecified atom stereocenters. The van der Waals surface area contributed by atoms with Gasteiger partial charge in [0.15, 0.2) is 0 Å². The molecule has 0 bridgehead atoms. The molecule has 15 aromatic carbocycles. The van der Waals surface area contributed by atoms with Gasteiger partial charge in [-0.05, 0) is 182 Å². The van der Waals surface area contributed by atoms with Gasteiger partial charge in [-0.15, -0.1) is 0 Å². The van der Waals surface area contributed by atoms with E-state index >= 15 is 0 Å². The van der Waals surface area contributed by atoms with Gasteiger partial charge in [0.1, 0.15) is 0 Å². The van der Waals surface area contributed by atoms with E-state index in [-0.39, 0.29) is 0 Å². The van der Waals surface area contributed by atoms with Crippen LogP contribution >= 0.6 is 0 Å². The highest BCUT2D eigenvalue weighted by molar-refractivity contribution is 6.23. The zero-order valence-corrected chi connectivity index (χ0v) is 43.9. The van der Waals surface area contributed by atoms with Crippen molar-refractivity contribution in [3.05, 3.63) is 315 Å². The van der Waals surface area contributed by atoms with E-state index < -0.39 is 0 Å². The Morgan fingerprint density at radius 1 is 0.150 bits per heavy atom. The average Bonchev–Trinajstić information content (AvgIpc) is 3.56. The van der Waals surface area contributed by atoms with Crippen molar-refractivity contribution < 1.29 is 0 Å². The molecular formula is C78H52N2. The third-order valence-corrected chi connectivity index (χ3v) is 16.1. The molecule has 15 rings (SSSR count). The van der Waals surface area contributed by atoms with Gasteiger partial charge in [-0.1, -0.05) is 243 Å². The Hall–Kier alpha value is -10.5. The van der Waals surface area contributed by atoms with E-state index in [1.54, 1.807) is 0 Å². The monoisotopic (exact) mass is 1020 g/mol. The molecule has 0 N–H and O–H groups in total. The van der Waals surface area contributed by atoms with Crippen LogP contribution in [0.15, 0.2) is 315 Å². The van der Waals surface area contributed by atoms with Gasteiger partial charge in [-0.25, -0.2) is 0 Å². The maximum absolute atomic E-state index is 2.45. The van der Waals surface area contributed by atoms with Crippen molar-refractivity contribution in [3.63, 3.8) is 0 Å². The molecule has 374 valence electrons. The van der Waals surface area contributed by atoms with Crippen LogP contribution in [0.2, 0.25) is 0 Å². The minimum absolute atomic E-state index is 1.07. The van der Waals surface area contributed by atoms with Crippen LogP contribution in [0.4, 0.5) is 34.1 Å². The SMILES string of the molecule is c1ccc(-c2ccc(-c3c4ccc(N(c5ccc6ccccc6c5)c5ccc6ccccc6c5)cc4c(-c4ccc(-c5ccccc5)cc4)c4ccc(N(c5ccc6ccccc6c5)c5ccc6ccccc6c5)cc34)cc2)cc1. The van der Waals surface area contributed by atoms with Gasteiger partial charge in [0.25, 0.3) is 0 Å². The summed E-state index contributed by atoms with van der Waals surface area (Å²) >= 11 is 0. The van der Waals surface area contributed by atoms with Crippen molar-refractivity contribution in [2.45, 2.75) is 0 Å². The smallest absolute Gasteiger partial charge is 0.0468 e. The molecule has 2 nitrogen and oxygen atoms in total. The lowest BCUT2D eigenvalue weighted by Crippen LogP contribution is -2.10. The normalized spacial score (nSPS) is 11.5. The van der Waals surface area contributed by atoms with Crippen LogP contribution in [0.3, 0.4) is 0 Å². The second kappa shape index (κ2) is 19.8. The highest BCUT2D eigenvalue weighted by atomic mass is 15.1. The molecule has 0 fully saturated rings. The molecule has 0 radical (unpaired) electrons. The van der Waals surface area contributed by atoms with Gasteiger partial charge in [-0.2, -0.15) is 0 Å². The summed E-state index contributed by atoms with van der Waals surface area (Å²) in [5, 5.41) is 14.3.